The number of hydrogen-bond acceptors (Lipinski definition) is 3. The van der Waals surface area contributed by atoms with E-state index in [0.29, 0.717) is 27.5 Å². The molecule has 0 aliphatic rings. The van der Waals surface area contributed by atoms with Crippen LogP contribution in [0.3, 0.4) is 0 Å². The number of rotatable bonds is 3. The Labute approximate surface area is 127 Å². The minimum atomic E-state index is -0.543. The second-order valence-corrected chi connectivity index (χ2v) is 5.08. The van der Waals surface area contributed by atoms with Gasteiger partial charge in [-0.15, -0.1) is 0 Å². The quantitative estimate of drug-likeness (QED) is 0.699. The fourth-order valence-corrected chi connectivity index (χ4v) is 2.24. The van der Waals surface area contributed by atoms with Crippen LogP contribution in [-0.2, 0) is 0 Å². The van der Waals surface area contributed by atoms with Crippen LogP contribution in [0.5, 0.6) is 5.75 Å². The van der Waals surface area contributed by atoms with E-state index in [1.807, 2.05) is 0 Å². The number of halogens is 1. The summed E-state index contributed by atoms with van der Waals surface area (Å²) in [5.41, 5.74) is 7.23. The monoisotopic (exact) mass is 303 g/mol. The van der Waals surface area contributed by atoms with Gasteiger partial charge >= 0.3 is 5.97 Å². The standard InChI is InChI=1S/C16H14ClNO3/c1-9-7-11(15(18)19)8-10(2)14(9)21-16(20)12-5-3-4-6-13(12)17/h3-8H,1-2H3,(H2,18,19). The lowest BCUT2D eigenvalue weighted by Gasteiger charge is -2.12. The topological polar surface area (TPSA) is 69.4 Å². The lowest BCUT2D eigenvalue weighted by molar-refractivity contribution is 0.0732. The van der Waals surface area contributed by atoms with Crippen LogP contribution in [0, 0.1) is 13.8 Å². The summed E-state index contributed by atoms with van der Waals surface area (Å²) >= 11 is 5.97. The van der Waals surface area contributed by atoms with E-state index in [2.05, 4.69) is 0 Å². The maximum atomic E-state index is 12.2. The van der Waals surface area contributed by atoms with Crippen molar-refractivity contribution in [3.63, 3.8) is 0 Å². The number of hydrogen-bond donors (Lipinski definition) is 1. The van der Waals surface area contributed by atoms with Crippen molar-refractivity contribution in [3.05, 3.63) is 63.7 Å². The molecule has 1 amide bonds. The van der Waals surface area contributed by atoms with E-state index >= 15 is 0 Å². The fraction of sp³-hybridized carbons (Fsp3) is 0.125. The summed E-state index contributed by atoms with van der Waals surface area (Å²) < 4.78 is 5.40. The van der Waals surface area contributed by atoms with E-state index in [1.165, 1.54) is 0 Å². The fourth-order valence-electron chi connectivity index (χ4n) is 2.03. The molecule has 2 aromatic carbocycles. The zero-order valence-corrected chi connectivity index (χ0v) is 12.4. The van der Waals surface area contributed by atoms with Gasteiger partial charge in [0.05, 0.1) is 10.6 Å². The number of ether oxygens (including phenoxy) is 1. The third-order valence-corrected chi connectivity index (χ3v) is 3.36. The normalized spacial score (nSPS) is 10.2. The van der Waals surface area contributed by atoms with Gasteiger partial charge in [0.2, 0.25) is 5.91 Å². The van der Waals surface area contributed by atoms with Crippen LogP contribution < -0.4 is 10.5 Å². The molecule has 0 atom stereocenters. The van der Waals surface area contributed by atoms with Gasteiger partial charge in [0.15, 0.2) is 0 Å². The van der Waals surface area contributed by atoms with E-state index in [-0.39, 0.29) is 5.56 Å². The van der Waals surface area contributed by atoms with E-state index in [9.17, 15) is 9.59 Å². The lowest BCUT2D eigenvalue weighted by atomic mass is 10.1. The Morgan fingerprint density at radius 3 is 2.19 bits per heavy atom. The average molecular weight is 304 g/mol. The van der Waals surface area contributed by atoms with Gasteiger partial charge in [-0.05, 0) is 49.2 Å². The van der Waals surface area contributed by atoms with Crippen molar-refractivity contribution in [1.29, 1.82) is 0 Å². The van der Waals surface area contributed by atoms with Crippen molar-refractivity contribution in [1.82, 2.24) is 0 Å². The summed E-state index contributed by atoms with van der Waals surface area (Å²) in [7, 11) is 0. The Balaban J connectivity index is 2.34. The number of amides is 1. The second kappa shape index (κ2) is 5.97. The number of benzene rings is 2. The largest absolute Gasteiger partial charge is 0.422 e. The molecule has 5 heteroatoms. The first-order valence-electron chi connectivity index (χ1n) is 6.28. The lowest BCUT2D eigenvalue weighted by Crippen LogP contribution is -2.14. The van der Waals surface area contributed by atoms with Gasteiger partial charge in [-0.1, -0.05) is 23.7 Å². The number of carbonyl (C=O) groups excluding carboxylic acids is 2. The zero-order valence-electron chi connectivity index (χ0n) is 11.6. The molecule has 0 aliphatic heterocycles. The molecule has 108 valence electrons. The molecule has 0 radical (unpaired) electrons. The molecule has 0 heterocycles. The third kappa shape index (κ3) is 3.23. The molecule has 2 N–H and O–H groups in total. The van der Waals surface area contributed by atoms with Gasteiger partial charge in [-0.2, -0.15) is 0 Å². The summed E-state index contributed by atoms with van der Waals surface area (Å²) in [6.45, 7) is 3.49. The van der Waals surface area contributed by atoms with Crippen LogP contribution in [0.25, 0.3) is 0 Å². The summed E-state index contributed by atoms with van der Waals surface area (Å²) in [5.74, 6) is -0.659. The molecular weight excluding hydrogens is 290 g/mol. The molecule has 0 unspecified atom stereocenters. The number of nitrogens with two attached hydrogens (primary N) is 1. The molecule has 0 aliphatic carbocycles. The Kier molecular flexibility index (Phi) is 4.29. The van der Waals surface area contributed by atoms with Gasteiger partial charge in [0.25, 0.3) is 0 Å². The SMILES string of the molecule is Cc1cc(C(N)=O)cc(C)c1OC(=O)c1ccccc1Cl. The minimum absolute atomic E-state index is 0.289. The van der Waals surface area contributed by atoms with E-state index in [4.69, 9.17) is 22.1 Å². The van der Waals surface area contributed by atoms with Gasteiger partial charge in [-0.3, -0.25) is 4.79 Å². The first-order chi connectivity index (χ1) is 9.90. The highest BCUT2D eigenvalue weighted by Gasteiger charge is 2.16. The summed E-state index contributed by atoms with van der Waals surface area (Å²) in [5, 5.41) is 0.326. The van der Waals surface area contributed by atoms with Gasteiger partial charge < -0.3 is 10.5 Å². The highest BCUT2D eigenvalue weighted by atomic mass is 35.5. The molecule has 0 aromatic heterocycles. The Morgan fingerprint density at radius 2 is 1.67 bits per heavy atom. The molecule has 0 fully saturated rings. The molecule has 21 heavy (non-hydrogen) atoms. The second-order valence-electron chi connectivity index (χ2n) is 4.67. The Hall–Kier alpha value is -2.33. The maximum Gasteiger partial charge on any atom is 0.345 e. The number of esters is 1. The minimum Gasteiger partial charge on any atom is -0.422 e. The molecule has 2 aromatic rings. The van der Waals surface area contributed by atoms with Crippen LogP contribution in [-0.4, -0.2) is 11.9 Å². The van der Waals surface area contributed by atoms with E-state index in [0.717, 1.165) is 0 Å². The average Bonchev–Trinajstić information content (AvgIpc) is 2.42. The van der Waals surface area contributed by atoms with Gasteiger partial charge in [-0.25, -0.2) is 4.79 Å². The third-order valence-electron chi connectivity index (χ3n) is 3.03. The van der Waals surface area contributed by atoms with E-state index in [1.54, 1.807) is 50.2 Å². The highest BCUT2D eigenvalue weighted by molar-refractivity contribution is 6.33. The first-order valence-corrected chi connectivity index (χ1v) is 6.65. The molecule has 0 saturated heterocycles. The zero-order chi connectivity index (χ0) is 15.6. The van der Waals surface area contributed by atoms with Crippen LogP contribution in [0.15, 0.2) is 36.4 Å². The van der Waals surface area contributed by atoms with Crippen LogP contribution in [0.1, 0.15) is 31.8 Å². The molecule has 0 bridgehead atoms. The maximum absolute atomic E-state index is 12.2. The summed E-state index contributed by atoms with van der Waals surface area (Å²) in [6, 6.07) is 9.83. The molecular formula is C16H14ClNO3. The van der Waals surface area contributed by atoms with Crippen molar-refractivity contribution < 1.29 is 14.3 Å². The predicted octanol–water partition coefficient (Wildman–Crippen LogP) is 3.27. The van der Waals surface area contributed by atoms with Crippen molar-refractivity contribution in [2.75, 3.05) is 0 Å². The van der Waals surface area contributed by atoms with Crippen molar-refractivity contribution in [2.45, 2.75) is 13.8 Å². The van der Waals surface area contributed by atoms with Crippen LogP contribution in [0.4, 0.5) is 0 Å². The van der Waals surface area contributed by atoms with Crippen molar-refractivity contribution >= 4 is 23.5 Å². The summed E-state index contributed by atoms with van der Waals surface area (Å²) in [4.78, 5) is 23.4. The summed E-state index contributed by atoms with van der Waals surface area (Å²) in [6.07, 6.45) is 0. The Morgan fingerprint density at radius 1 is 1.10 bits per heavy atom. The van der Waals surface area contributed by atoms with Crippen LogP contribution >= 0.6 is 11.6 Å². The van der Waals surface area contributed by atoms with Crippen molar-refractivity contribution in [2.24, 2.45) is 5.73 Å². The smallest absolute Gasteiger partial charge is 0.345 e. The molecule has 0 spiro atoms. The van der Waals surface area contributed by atoms with Crippen LogP contribution in [0.2, 0.25) is 5.02 Å². The van der Waals surface area contributed by atoms with Gasteiger partial charge in [0, 0.05) is 5.56 Å². The molecule has 2 rings (SSSR count). The van der Waals surface area contributed by atoms with Gasteiger partial charge in [0.1, 0.15) is 5.75 Å². The Bertz CT molecular complexity index is 702. The highest BCUT2D eigenvalue weighted by Crippen LogP contribution is 2.26. The van der Waals surface area contributed by atoms with E-state index < -0.39 is 11.9 Å². The van der Waals surface area contributed by atoms with Crippen molar-refractivity contribution in [3.8, 4) is 5.75 Å². The first kappa shape index (κ1) is 15.1. The number of primary amides is 1. The molecule has 4 nitrogen and oxygen atoms in total. The number of aryl methyl sites for hydroxylation is 2. The molecule has 0 saturated carbocycles. The number of carbonyl (C=O) groups is 2. The predicted molar refractivity (Wildman–Crippen MR) is 80.8 cm³/mol.